The number of rotatable bonds is 68. The zero-order valence-corrected chi connectivity index (χ0v) is 63.0. The molecule has 0 spiro atoms. The first-order chi connectivity index (χ1) is 48.3. The monoisotopic (exact) mass is 1420 g/mol. The van der Waals surface area contributed by atoms with Crippen molar-refractivity contribution >= 4 is 5.91 Å². The van der Waals surface area contributed by atoms with Crippen molar-refractivity contribution in [2.75, 3.05) is 26.4 Å². The SMILES string of the molecule is CCCCCCCCCCCCCCCCCCCCCCCCCCCCCCC(O)C(COC1OC(CO)C(OC2OC(CO)C(OC3OC(CO)C(O)C(O)C3O)C(O)C2O)C(O)C1O)NC(=O)CCCCCCCCCCCCCCCCCCCCCCCCCCCC. The molecule has 3 aliphatic heterocycles. The van der Waals surface area contributed by atoms with Gasteiger partial charge in [-0.05, 0) is 12.8 Å². The first-order valence-electron chi connectivity index (χ1n) is 41.8. The second-order valence-corrected chi connectivity index (χ2v) is 30.3. The Bertz CT molecular complexity index is 1790. The van der Waals surface area contributed by atoms with Gasteiger partial charge in [0.2, 0.25) is 5.91 Å². The summed E-state index contributed by atoms with van der Waals surface area (Å²) in [6.45, 7) is 1.88. The van der Waals surface area contributed by atoms with Gasteiger partial charge in [0.1, 0.15) is 73.2 Å². The molecule has 3 saturated heterocycles. The smallest absolute Gasteiger partial charge is 0.220 e. The van der Waals surface area contributed by atoms with Crippen molar-refractivity contribution in [2.24, 2.45) is 0 Å². The number of carbonyl (C=O) groups excluding carboxylic acids is 1. The van der Waals surface area contributed by atoms with E-state index in [2.05, 4.69) is 19.2 Å². The zero-order valence-electron chi connectivity index (χ0n) is 63.0. The first kappa shape index (κ1) is 92.0. The quantitative estimate of drug-likeness (QED) is 0.0252. The summed E-state index contributed by atoms with van der Waals surface area (Å²) in [6.07, 6.45) is 44.8. The second-order valence-electron chi connectivity index (χ2n) is 30.3. The van der Waals surface area contributed by atoms with Crippen LogP contribution in [0, 0.1) is 0 Å². The summed E-state index contributed by atoms with van der Waals surface area (Å²) < 4.78 is 34.6. The van der Waals surface area contributed by atoms with Crippen molar-refractivity contribution < 1.29 is 89.4 Å². The fraction of sp³-hybridized carbons (Fsp3) is 0.988. The standard InChI is InChI=1S/C80H155NO18/c1-3-5-7-9-11-13-15-17-19-21-23-25-27-29-31-32-33-35-37-39-41-43-45-47-49-51-53-55-57-64(85)63(81-68(86)58-56-54-52-50-48-46-44-42-40-38-36-34-30-28-26-24-22-20-18-16-14-12-10-8-6-4-2)62-94-78-74(92)71(89)76(66(60-83)96-78)99-80-75(93)72(90)77(67(61-84)97-80)98-79-73(91)70(88)69(87)65(59-82)95-79/h63-67,69-80,82-85,87-93H,3-62H2,1-2H3,(H,81,86). The van der Waals surface area contributed by atoms with E-state index in [0.717, 1.165) is 44.9 Å². The zero-order chi connectivity index (χ0) is 71.8. The molecular weight excluding hydrogens is 1260 g/mol. The molecule has 3 heterocycles. The minimum Gasteiger partial charge on any atom is -0.394 e. The summed E-state index contributed by atoms with van der Waals surface area (Å²) in [5.41, 5.74) is 0. The van der Waals surface area contributed by atoms with E-state index >= 15 is 0 Å². The van der Waals surface area contributed by atoms with Gasteiger partial charge in [0.25, 0.3) is 0 Å². The van der Waals surface area contributed by atoms with Crippen molar-refractivity contribution in [2.45, 2.75) is 478 Å². The van der Waals surface area contributed by atoms with E-state index in [1.165, 1.54) is 295 Å². The average Bonchev–Trinajstić information content (AvgIpc) is 0.506. The molecule has 588 valence electrons. The van der Waals surface area contributed by atoms with Gasteiger partial charge in [-0.2, -0.15) is 0 Å². The normalized spacial score (nSPS) is 26.5. The Labute approximate surface area is 602 Å². The van der Waals surface area contributed by atoms with E-state index in [-0.39, 0.29) is 18.9 Å². The third kappa shape index (κ3) is 42.1. The Kier molecular flexibility index (Phi) is 57.5. The molecule has 17 atom stereocenters. The third-order valence-corrected chi connectivity index (χ3v) is 21.4. The number of aliphatic hydroxyl groups excluding tert-OH is 11. The molecule has 0 aromatic heterocycles. The third-order valence-electron chi connectivity index (χ3n) is 21.4. The van der Waals surface area contributed by atoms with Crippen molar-refractivity contribution in [3.8, 4) is 0 Å². The fourth-order valence-corrected chi connectivity index (χ4v) is 14.7. The molecule has 0 radical (unpaired) electrons. The van der Waals surface area contributed by atoms with Crippen LogP contribution in [0.5, 0.6) is 0 Å². The highest BCUT2D eigenvalue weighted by molar-refractivity contribution is 5.76. The molecular formula is C80H155NO18. The van der Waals surface area contributed by atoms with Crippen LogP contribution in [0.3, 0.4) is 0 Å². The predicted molar refractivity (Wildman–Crippen MR) is 393 cm³/mol. The molecule has 0 aromatic carbocycles. The van der Waals surface area contributed by atoms with Gasteiger partial charge in [0, 0.05) is 6.42 Å². The van der Waals surface area contributed by atoms with Gasteiger partial charge in [-0.1, -0.05) is 354 Å². The van der Waals surface area contributed by atoms with Gasteiger partial charge in [0.15, 0.2) is 18.9 Å². The Morgan fingerprint density at radius 2 is 0.576 bits per heavy atom. The molecule has 19 nitrogen and oxygen atoms in total. The molecule has 0 saturated carbocycles. The summed E-state index contributed by atoms with van der Waals surface area (Å²) in [4.78, 5) is 13.5. The number of unbranched alkanes of at least 4 members (excludes halogenated alkanes) is 52. The number of carbonyl (C=O) groups is 1. The maximum absolute atomic E-state index is 13.5. The van der Waals surface area contributed by atoms with E-state index in [0.29, 0.717) is 12.8 Å². The largest absolute Gasteiger partial charge is 0.394 e. The molecule has 3 rings (SSSR count). The minimum absolute atomic E-state index is 0.232. The van der Waals surface area contributed by atoms with E-state index in [1.54, 1.807) is 0 Å². The molecule has 0 aliphatic carbocycles. The molecule has 99 heavy (non-hydrogen) atoms. The van der Waals surface area contributed by atoms with Crippen LogP contribution in [0.4, 0.5) is 0 Å². The van der Waals surface area contributed by atoms with Crippen molar-refractivity contribution in [1.29, 1.82) is 0 Å². The minimum atomic E-state index is -1.97. The van der Waals surface area contributed by atoms with Crippen LogP contribution in [-0.2, 0) is 33.2 Å². The molecule has 3 fully saturated rings. The lowest BCUT2D eigenvalue weighted by Crippen LogP contribution is -2.66. The van der Waals surface area contributed by atoms with Crippen LogP contribution in [0.25, 0.3) is 0 Å². The topological polar surface area (TPSA) is 307 Å². The molecule has 1 amide bonds. The number of nitrogens with one attached hydrogen (secondary N) is 1. The Morgan fingerprint density at radius 1 is 0.323 bits per heavy atom. The van der Waals surface area contributed by atoms with Crippen molar-refractivity contribution in [3.63, 3.8) is 0 Å². The van der Waals surface area contributed by atoms with Gasteiger partial charge in [0.05, 0.1) is 38.6 Å². The second kappa shape index (κ2) is 61.9. The summed E-state index contributed by atoms with van der Waals surface area (Å²) >= 11 is 0. The number of hydrogen-bond acceptors (Lipinski definition) is 18. The van der Waals surface area contributed by atoms with Crippen LogP contribution in [0.1, 0.15) is 373 Å². The molecule has 12 N–H and O–H groups in total. The number of ether oxygens (including phenoxy) is 6. The summed E-state index contributed by atoms with van der Waals surface area (Å²) in [5.74, 6) is -0.232. The predicted octanol–water partition coefficient (Wildman–Crippen LogP) is 14.2. The van der Waals surface area contributed by atoms with Gasteiger partial charge >= 0.3 is 0 Å². The molecule has 3 aliphatic rings. The summed E-state index contributed by atoms with van der Waals surface area (Å²) in [6, 6.07) is -0.884. The van der Waals surface area contributed by atoms with E-state index < -0.39 is 124 Å². The lowest BCUT2D eigenvalue weighted by molar-refractivity contribution is -0.379. The maximum Gasteiger partial charge on any atom is 0.220 e. The van der Waals surface area contributed by atoms with Crippen LogP contribution >= 0.6 is 0 Å². The number of hydrogen-bond donors (Lipinski definition) is 12. The van der Waals surface area contributed by atoms with E-state index in [1.807, 2.05) is 0 Å². The maximum atomic E-state index is 13.5. The van der Waals surface area contributed by atoms with Crippen LogP contribution in [-0.4, -0.2) is 193 Å². The number of amides is 1. The van der Waals surface area contributed by atoms with Crippen molar-refractivity contribution in [1.82, 2.24) is 5.32 Å². The van der Waals surface area contributed by atoms with Gasteiger partial charge in [-0.15, -0.1) is 0 Å². The first-order valence-corrected chi connectivity index (χ1v) is 41.8. The Balaban J connectivity index is 1.35. The highest BCUT2D eigenvalue weighted by Crippen LogP contribution is 2.34. The highest BCUT2D eigenvalue weighted by atomic mass is 16.8. The van der Waals surface area contributed by atoms with Gasteiger partial charge in [-0.25, -0.2) is 0 Å². The molecule has 19 heteroatoms. The lowest BCUT2D eigenvalue weighted by atomic mass is 9.96. The van der Waals surface area contributed by atoms with E-state index in [4.69, 9.17) is 28.4 Å². The molecule has 0 bridgehead atoms. The highest BCUT2D eigenvalue weighted by Gasteiger charge is 2.54. The summed E-state index contributed by atoms with van der Waals surface area (Å²) in [5, 5.41) is 121. The van der Waals surface area contributed by atoms with E-state index in [9.17, 15) is 61.0 Å². The number of aliphatic hydroxyl groups is 11. The lowest BCUT2D eigenvalue weighted by Gasteiger charge is -2.48. The van der Waals surface area contributed by atoms with Crippen LogP contribution in [0.2, 0.25) is 0 Å². The molecule has 0 aromatic rings. The van der Waals surface area contributed by atoms with Crippen LogP contribution < -0.4 is 5.32 Å². The molecule has 17 unspecified atom stereocenters. The van der Waals surface area contributed by atoms with Crippen molar-refractivity contribution in [3.05, 3.63) is 0 Å². The average molecular weight is 1420 g/mol. The van der Waals surface area contributed by atoms with Gasteiger partial charge < -0.3 is 89.9 Å². The van der Waals surface area contributed by atoms with Gasteiger partial charge in [-0.3, -0.25) is 4.79 Å². The Morgan fingerprint density at radius 3 is 0.879 bits per heavy atom. The summed E-state index contributed by atoms with van der Waals surface area (Å²) in [7, 11) is 0. The van der Waals surface area contributed by atoms with Crippen LogP contribution in [0.15, 0.2) is 0 Å². The fourth-order valence-electron chi connectivity index (χ4n) is 14.7. The Hall–Kier alpha value is -1.21.